The summed E-state index contributed by atoms with van der Waals surface area (Å²) in [6.07, 6.45) is 3.04. The summed E-state index contributed by atoms with van der Waals surface area (Å²) < 4.78 is 18.2. The molecule has 0 saturated carbocycles. The molecular weight excluding hydrogens is 247 g/mol. The number of halogens is 1. The van der Waals surface area contributed by atoms with Crippen LogP contribution in [0.5, 0.6) is 0 Å². The van der Waals surface area contributed by atoms with Gasteiger partial charge in [0.05, 0.1) is 6.26 Å². The third-order valence-corrected chi connectivity index (χ3v) is 2.62. The van der Waals surface area contributed by atoms with Crippen molar-refractivity contribution in [1.29, 1.82) is 0 Å². The standard InChI is InChI=1S/C14H9FN2O2/c15-10-4-1-3-9(7-10)13-16-12(14(18)17-13)8-11-5-2-6-19-11/h1-8H,(H,16,17,18)/b12-8-. The fourth-order valence-corrected chi connectivity index (χ4v) is 1.75. The Hall–Kier alpha value is -2.69. The van der Waals surface area contributed by atoms with Crippen LogP contribution < -0.4 is 5.32 Å². The van der Waals surface area contributed by atoms with Crippen LogP contribution in [0, 0.1) is 5.82 Å². The van der Waals surface area contributed by atoms with Crippen molar-refractivity contribution in [2.24, 2.45) is 4.99 Å². The third kappa shape index (κ3) is 2.30. The van der Waals surface area contributed by atoms with Gasteiger partial charge in [0.25, 0.3) is 5.91 Å². The zero-order chi connectivity index (χ0) is 13.2. The fraction of sp³-hybridized carbons (Fsp3) is 0. The molecule has 1 aromatic heterocycles. The summed E-state index contributed by atoms with van der Waals surface area (Å²) in [7, 11) is 0. The maximum Gasteiger partial charge on any atom is 0.275 e. The first-order valence-electron chi connectivity index (χ1n) is 5.63. The van der Waals surface area contributed by atoms with Gasteiger partial charge >= 0.3 is 0 Å². The van der Waals surface area contributed by atoms with Gasteiger partial charge in [-0.2, -0.15) is 0 Å². The predicted octanol–water partition coefficient (Wildman–Crippen LogP) is 2.34. The van der Waals surface area contributed by atoms with E-state index in [1.807, 2.05) is 0 Å². The minimum atomic E-state index is -0.377. The highest BCUT2D eigenvalue weighted by Crippen LogP contribution is 2.15. The number of amides is 1. The fourth-order valence-electron chi connectivity index (χ4n) is 1.75. The van der Waals surface area contributed by atoms with Crippen molar-refractivity contribution in [3.63, 3.8) is 0 Å². The third-order valence-electron chi connectivity index (χ3n) is 2.62. The van der Waals surface area contributed by atoms with Crippen LogP contribution in [0.3, 0.4) is 0 Å². The molecule has 2 heterocycles. The lowest BCUT2D eigenvalue weighted by molar-refractivity contribution is -0.115. The number of carbonyl (C=O) groups is 1. The monoisotopic (exact) mass is 256 g/mol. The number of benzene rings is 1. The summed E-state index contributed by atoms with van der Waals surface area (Å²) in [4.78, 5) is 15.9. The molecule has 4 nitrogen and oxygen atoms in total. The first kappa shape index (κ1) is 11.4. The lowest BCUT2D eigenvalue weighted by Gasteiger charge is -1.99. The molecule has 1 aromatic carbocycles. The van der Waals surface area contributed by atoms with Crippen LogP contribution in [0.2, 0.25) is 0 Å². The van der Waals surface area contributed by atoms with Crippen LogP contribution >= 0.6 is 0 Å². The highest BCUT2D eigenvalue weighted by molar-refractivity contribution is 6.19. The minimum Gasteiger partial charge on any atom is -0.465 e. The van der Waals surface area contributed by atoms with E-state index in [2.05, 4.69) is 10.3 Å². The number of carbonyl (C=O) groups excluding carboxylic acids is 1. The number of rotatable bonds is 2. The van der Waals surface area contributed by atoms with E-state index < -0.39 is 0 Å². The molecule has 19 heavy (non-hydrogen) atoms. The first-order chi connectivity index (χ1) is 9.22. The molecule has 0 aliphatic carbocycles. The number of furan rings is 1. The van der Waals surface area contributed by atoms with Crippen molar-refractivity contribution in [2.75, 3.05) is 0 Å². The second kappa shape index (κ2) is 4.53. The van der Waals surface area contributed by atoms with E-state index in [-0.39, 0.29) is 17.4 Å². The Bertz CT molecular complexity index is 687. The maximum absolute atomic E-state index is 13.1. The van der Waals surface area contributed by atoms with Gasteiger partial charge in [-0.3, -0.25) is 4.79 Å². The topological polar surface area (TPSA) is 54.6 Å². The largest absolute Gasteiger partial charge is 0.465 e. The molecule has 1 N–H and O–H groups in total. The van der Waals surface area contributed by atoms with E-state index in [9.17, 15) is 9.18 Å². The van der Waals surface area contributed by atoms with E-state index in [1.165, 1.54) is 24.5 Å². The van der Waals surface area contributed by atoms with Gasteiger partial charge in [-0.05, 0) is 24.3 Å². The van der Waals surface area contributed by atoms with E-state index in [4.69, 9.17) is 4.42 Å². The molecule has 1 amide bonds. The SMILES string of the molecule is O=C1NC(c2cccc(F)c2)=N/C1=C\c1ccco1. The number of aliphatic imine (C=N–C) groups is 1. The molecule has 0 radical (unpaired) electrons. The average molecular weight is 256 g/mol. The number of amidine groups is 1. The molecule has 0 atom stereocenters. The van der Waals surface area contributed by atoms with Crippen molar-refractivity contribution in [1.82, 2.24) is 5.32 Å². The molecule has 1 aliphatic rings. The van der Waals surface area contributed by atoms with Gasteiger partial charge in [0.2, 0.25) is 0 Å². The van der Waals surface area contributed by atoms with Crippen LogP contribution in [0.1, 0.15) is 11.3 Å². The second-order valence-electron chi connectivity index (χ2n) is 3.97. The van der Waals surface area contributed by atoms with Gasteiger partial charge in [-0.15, -0.1) is 0 Å². The van der Waals surface area contributed by atoms with Crippen molar-refractivity contribution in [2.45, 2.75) is 0 Å². The Morgan fingerprint density at radius 3 is 2.89 bits per heavy atom. The molecule has 0 fully saturated rings. The zero-order valence-corrected chi connectivity index (χ0v) is 9.76. The quantitative estimate of drug-likeness (QED) is 0.838. The van der Waals surface area contributed by atoms with Crippen LogP contribution in [0.25, 0.3) is 6.08 Å². The van der Waals surface area contributed by atoms with E-state index >= 15 is 0 Å². The van der Waals surface area contributed by atoms with Crippen LogP contribution in [0.15, 0.2) is 57.8 Å². The van der Waals surface area contributed by atoms with Gasteiger partial charge < -0.3 is 9.73 Å². The molecule has 0 saturated heterocycles. The molecule has 0 bridgehead atoms. The van der Waals surface area contributed by atoms with Gasteiger partial charge in [-0.25, -0.2) is 9.38 Å². The Balaban J connectivity index is 1.95. The summed E-state index contributed by atoms with van der Waals surface area (Å²) in [6, 6.07) is 9.33. The second-order valence-corrected chi connectivity index (χ2v) is 3.97. The van der Waals surface area contributed by atoms with Gasteiger partial charge in [0, 0.05) is 11.6 Å². The van der Waals surface area contributed by atoms with Gasteiger partial charge in [-0.1, -0.05) is 12.1 Å². The van der Waals surface area contributed by atoms with Crippen molar-refractivity contribution >= 4 is 17.8 Å². The number of nitrogens with zero attached hydrogens (tertiary/aromatic N) is 1. The molecule has 94 valence electrons. The van der Waals surface area contributed by atoms with Crippen molar-refractivity contribution < 1.29 is 13.6 Å². The minimum absolute atomic E-state index is 0.231. The van der Waals surface area contributed by atoms with E-state index in [0.717, 1.165) is 0 Å². The summed E-state index contributed by atoms with van der Waals surface area (Å²) in [6.45, 7) is 0. The maximum atomic E-state index is 13.1. The first-order valence-corrected chi connectivity index (χ1v) is 5.63. The average Bonchev–Trinajstić information content (AvgIpc) is 3.01. The Kier molecular flexibility index (Phi) is 2.72. The van der Waals surface area contributed by atoms with Crippen LogP contribution in [-0.2, 0) is 4.79 Å². The smallest absolute Gasteiger partial charge is 0.275 e. The van der Waals surface area contributed by atoms with Gasteiger partial charge in [0.1, 0.15) is 23.1 Å². The Labute approximate surface area is 108 Å². The molecule has 2 aromatic rings. The van der Waals surface area contributed by atoms with Crippen LogP contribution in [0.4, 0.5) is 4.39 Å². The van der Waals surface area contributed by atoms with E-state index in [1.54, 1.807) is 24.3 Å². The molecular formula is C14H9FN2O2. The molecule has 0 unspecified atom stereocenters. The zero-order valence-electron chi connectivity index (χ0n) is 9.76. The lowest BCUT2D eigenvalue weighted by atomic mass is 10.2. The van der Waals surface area contributed by atoms with Crippen LogP contribution in [-0.4, -0.2) is 11.7 Å². The predicted molar refractivity (Wildman–Crippen MR) is 67.8 cm³/mol. The number of hydrogen-bond acceptors (Lipinski definition) is 3. The number of nitrogens with one attached hydrogen (secondary N) is 1. The summed E-state index contributed by atoms with van der Waals surface area (Å²) in [5, 5.41) is 2.59. The molecule has 3 rings (SSSR count). The highest BCUT2D eigenvalue weighted by atomic mass is 19.1. The van der Waals surface area contributed by atoms with E-state index in [0.29, 0.717) is 17.2 Å². The van der Waals surface area contributed by atoms with Crippen molar-refractivity contribution in [3.05, 3.63) is 65.5 Å². The van der Waals surface area contributed by atoms with Gasteiger partial charge in [0.15, 0.2) is 0 Å². The Morgan fingerprint density at radius 2 is 2.16 bits per heavy atom. The molecule has 0 spiro atoms. The summed E-state index contributed by atoms with van der Waals surface area (Å²) >= 11 is 0. The summed E-state index contributed by atoms with van der Waals surface area (Å²) in [5.74, 6) is 0.158. The highest BCUT2D eigenvalue weighted by Gasteiger charge is 2.21. The normalized spacial score (nSPS) is 16.6. The lowest BCUT2D eigenvalue weighted by Crippen LogP contribution is -2.24. The Morgan fingerprint density at radius 1 is 1.26 bits per heavy atom. The number of hydrogen-bond donors (Lipinski definition) is 1. The van der Waals surface area contributed by atoms with Crippen molar-refractivity contribution in [3.8, 4) is 0 Å². The summed E-state index contributed by atoms with van der Waals surface area (Å²) in [5.41, 5.74) is 0.755. The molecule has 5 heteroatoms. The molecule has 1 aliphatic heterocycles.